The first kappa shape index (κ1) is 20.8. The van der Waals surface area contributed by atoms with E-state index in [1.165, 1.54) is 23.1 Å². The Balaban J connectivity index is 1.62. The summed E-state index contributed by atoms with van der Waals surface area (Å²) >= 11 is 3.34. The Hall–Kier alpha value is -3.45. The van der Waals surface area contributed by atoms with Crippen LogP contribution in [0.2, 0.25) is 0 Å². The molecule has 9 nitrogen and oxygen atoms in total. The molecule has 1 N–H and O–H groups in total. The second-order valence-corrected chi connectivity index (χ2v) is 8.24. The van der Waals surface area contributed by atoms with Gasteiger partial charge >= 0.3 is 0 Å². The minimum absolute atomic E-state index is 0.236. The number of amides is 1. The van der Waals surface area contributed by atoms with Crippen molar-refractivity contribution in [2.45, 2.75) is 31.2 Å². The average Bonchev–Trinajstić information content (AvgIpc) is 3.56. The van der Waals surface area contributed by atoms with Gasteiger partial charge in [0.05, 0.1) is 28.9 Å². The SMILES string of the molecule is CC(NC(=O)c1cc(Br)nc(C2(C#N)CC2)c1)c1nccnc1-c1ccc(=O)n(C)n1. The van der Waals surface area contributed by atoms with Gasteiger partial charge in [0.15, 0.2) is 0 Å². The lowest BCUT2D eigenvalue weighted by atomic mass is 10.0. The number of pyridine rings is 1. The maximum absolute atomic E-state index is 13.0. The molecule has 1 atom stereocenters. The topological polar surface area (TPSA) is 126 Å². The predicted octanol–water partition coefficient (Wildman–Crippen LogP) is 2.44. The molecule has 1 amide bonds. The second-order valence-electron chi connectivity index (χ2n) is 7.42. The molecule has 1 saturated carbocycles. The van der Waals surface area contributed by atoms with Gasteiger partial charge in [-0.05, 0) is 53.9 Å². The largest absolute Gasteiger partial charge is 0.344 e. The van der Waals surface area contributed by atoms with E-state index in [1.54, 1.807) is 32.2 Å². The molecule has 10 heteroatoms. The number of halogens is 1. The van der Waals surface area contributed by atoms with Crippen LogP contribution in [-0.2, 0) is 12.5 Å². The monoisotopic (exact) mass is 479 g/mol. The molecule has 0 spiro atoms. The number of nitrogens with one attached hydrogen (secondary N) is 1. The molecule has 31 heavy (non-hydrogen) atoms. The Morgan fingerprint density at radius 1 is 1.29 bits per heavy atom. The lowest BCUT2D eigenvalue weighted by molar-refractivity contribution is 0.0939. The first-order valence-corrected chi connectivity index (χ1v) is 10.4. The fourth-order valence-corrected chi connectivity index (χ4v) is 3.70. The number of hydrogen-bond acceptors (Lipinski definition) is 7. The maximum Gasteiger partial charge on any atom is 0.266 e. The minimum atomic E-state index is -0.600. The molecule has 1 aliphatic carbocycles. The summed E-state index contributed by atoms with van der Waals surface area (Å²) in [7, 11) is 1.56. The van der Waals surface area contributed by atoms with Gasteiger partial charge in [-0.2, -0.15) is 10.4 Å². The fourth-order valence-electron chi connectivity index (χ4n) is 3.26. The Kier molecular flexibility index (Phi) is 5.37. The zero-order valence-electron chi connectivity index (χ0n) is 16.8. The van der Waals surface area contributed by atoms with Crippen molar-refractivity contribution >= 4 is 21.8 Å². The van der Waals surface area contributed by atoms with E-state index in [4.69, 9.17) is 0 Å². The van der Waals surface area contributed by atoms with Gasteiger partial charge in [0, 0.05) is 31.1 Å². The van der Waals surface area contributed by atoms with Crippen LogP contribution in [0.25, 0.3) is 11.4 Å². The van der Waals surface area contributed by atoms with Crippen LogP contribution in [0.1, 0.15) is 47.6 Å². The van der Waals surface area contributed by atoms with Crippen LogP contribution in [0.15, 0.2) is 46.1 Å². The zero-order chi connectivity index (χ0) is 22.2. The van der Waals surface area contributed by atoms with E-state index in [0.717, 1.165) is 12.8 Å². The molecule has 1 aliphatic rings. The maximum atomic E-state index is 13.0. The fraction of sp³-hybridized carbons (Fsp3) is 0.286. The summed E-state index contributed by atoms with van der Waals surface area (Å²) in [6.07, 6.45) is 4.54. The Morgan fingerprint density at radius 2 is 2.03 bits per heavy atom. The lowest BCUT2D eigenvalue weighted by Crippen LogP contribution is -2.28. The van der Waals surface area contributed by atoms with Crippen LogP contribution < -0.4 is 10.9 Å². The molecule has 0 aliphatic heterocycles. The summed E-state index contributed by atoms with van der Waals surface area (Å²) in [6, 6.07) is 8.07. The van der Waals surface area contributed by atoms with Crippen molar-refractivity contribution in [3.05, 3.63) is 68.6 Å². The van der Waals surface area contributed by atoms with Crippen molar-refractivity contribution in [3.63, 3.8) is 0 Å². The van der Waals surface area contributed by atoms with Crippen LogP contribution in [0.3, 0.4) is 0 Å². The molecule has 1 fully saturated rings. The van der Waals surface area contributed by atoms with Gasteiger partial charge in [0.25, 0.3) is 11.5 Å². The minimum Gasteiger partial charge on any atom is -0.344 e. The molecule has 3 aromatic heterocycles. The van der Waals surface area contributed by atoms with E-state index >= 15 is 0 Å². The van der Waals surface area contributed by atoms with Gasteiger partial charge in [0.2, 0.25) is 0 Å². The molecule has 0 bridgehead atoms. The van der Waals surface area contributed by atoms with Gasteiger partial charge in [-0.1, -0.05) is 0 Å². The van der Waals surface area contributed by atoms with Crippen molar-refractivity contribution < 1.29 is 4.79 Å². The molecule has 0 saturated heterocycles. The summed E-state index contributed by atoms with van der Waals surface area (Å²) in [5.41, 5.74) is 1.63. The summed E-state index contributed by atoms with van der Waals surface area (Å²) in [5.74, 6) is -0.324. The van der Waals surface area contributed by atoms with E-state index in [-0.39, 0.29) is 11.5 Å². The van der Waals surface area contributed by atoms with Crippen molar-refractivity contribution in [2.75, 3.05) is 0 Å². The summed E-state index contributed by atoms with van der Waals surface area (Å²) in [6.45, 7) is 1.79. The zero-order valence-corrected chi connectivity index (χ0v) is 18.4. The Morgan fingerprint density at radius 3 is 2.71 bits per heavy atom. The first-order chi connectivity index (χ1) is 14.8. The molecule has 3 heterocycles. The molecular weight excluding hydrogens is 462 g/mol. The third-order valence-electron chi connectivity index (χ3n) is 5.20. The molecule has 0 aromatic carbocycles. The van der Waals surface area contributed by atoms with Crippen LogP contribution in [-0.4, -0.2) is 30.6 Å². The highest BCUT2D eigenvalue weighted by Gasteiger charge is 2.46. The van der Waals surface area contributed by atoms with Crippen molar-refractivity contribution in [1.82, 2.24) is 30.0 Å². The highest BCUT2D eigenvalue weighted by molar-refractivity contribution is 9.10. The highest BCUT2D eigenvalue weighted by atomic mass is 79.9. The van der Waals surface area contributed by atoms with E-state index in [9.17, 15) is 14.9 Å². The van der Waals surface area contributed by atoms with Crippen molar-refractivity contribution in [2.24, 2.45) is 7.05 Å². The number of nitriles is 1. The number of aromatic nitrogens is 5. The van der Waals surface area contributed by atoms with Gasteiger partial charge < -0.3 is 5.32 Å². The lowest BCUT2D eigenvalue weighted by Gasteiger charge is -2.17. The first-order valence-electron chi connectivity index (χ1n) is 9.59. The van der Waals surface area contributed by atoms with E-state index in [0.29, 0.717) is 32.9 Å². The Labute approximate surface area is 186 Å². The smallest absolute Gasteiger partial charge is 0.266 e. The predicted molar refractivity (Wildman–Crippen MR) is 115 cm³/mol. The van der Waals surface area contributed by atoms with Gasteiger partial charge in [-0.3, -0.25) is 19.6 Å². The van der Waals surface area contributed by atoms with Gasteiger partial charge in [0.1, 0.15) is 16.0 Å². The van der Waals surface area contributed by atoms with E-state index in [2.05, 4.69) is 47.4 Å². The molecule has 3 aromatic rings. The quantitative estimate of drug-likeness (QED) is 0.556. The van der Waals surface area contributed by atoms with Gasteiger partial charge in [-0.15, -0.1) is 0 Å². The summed E-state index contributed by atoms with van der Waals surface area (Å²) < 4.78 is 1.72. The molecular formula is C21H18BrN7O2. The van der Waals surface area contributed by atoms with E-state index < -0.39 is 11.5 Å². The third-order valence-corrected chi connectivity index (χ3v) is 5.60. The number of carbonyl (C=O) groups is 1. The number of rotatable bonds is 5. The summed E-state index contributed by atoms with van der Waals surface area (Å²) in [4.78, 5) is 37.7. The molecule has 4 rings (SSSR count). The van der Waals surface area contributed by atoms with Crippen molar-refractivity contribution in [1.29, 1.82) is 5.26 Å². The van der Waals surface area contributed by atoms with Crippen LogP contribution in [0.5, 0.6) is 0 Å². The van der Waals surface area contributed by atoms with Crippen LogP contribution in [0.4, 0.5) is 0 Å². The third kappa shape index (κ3) is 4.09. The van der Waals surface area contributed by atoms with Gasteiger partial charge in [-0.25, -0.2) is 9.67 Å². The average molecular weight is 480 g/mol. The van der Waals surface area contributed by atoms with Crippen LogP contribution in [0, 0.1) is 11.3 Å². The molecule has 0 radical (unpaired) electrons. The number of nitrogens with zero attached hydrogens (tertiary/aromatic N) is 6. The van der Waals surface area contributed by atoms with Crippen molar-refractivity contribution in [3.8, 4) is 17.5 Å². The molecule has 156 valence electrons. The molecule has 1 unspecified atom stereocenters. The highest BCUT2D eigenvalue weighted by Crippen LogP contribution is 2.47. The number of hydrogen-bond donors (Lipinski definition) is 1. The van der Waals surface area contributed by atoms with Crippen LogP contribution >= 0.6 is 15.9 Å². The Bertz CT molecular complexity index is 1280. The number of aryl methyl sites for hydroxylation is 1. The second kappa shape index (κ2) is 8.00. The standard InChI is InChI=1S/C21H18BrN7O2/c1-12(18-19(25-8-7-24-18)14-3-4-17(30)29(2)28-14)26-20(31)13-9-15(27-16(22)10-13)21(11-23)5-6-21/h3-4,7-10,12H,5-6H2,1-2H3,(H,26,31). The van der Waals surface area contributed by atoms with E-state index in [1.807, 2.05) is 0 Å². The number of carbonyl (C=O) groups excluding carboxylic acids is 1. The summed E-state index contributed by atoms with van der Waals surface area (Å²) in [5, 5.41) is 16.6. The normalized spacial score (nSPS) is 15.0.